The molecule has 0 unspecified atom stereocenters. The first-order valence-electron chi connectivity index (χ1n) is 7.23. The van der Waals surface area contributed by atoms with Gasteiger partial charge in [-0.25, -0.2) is 9.78 Å². The molecule has 1 fully saturated rings. The third-order valence-corrected chi connectivity index (χ3v) is 4.63. The summed E-state index contributed by atoms with van der Waals surface area (Å²) in [4.78, 5) is 26.6. The molecule has 3 amide bonds. The van der Waals surface area contributed by atoms with Crippen LogP contribution in [0.1, 0.15) is 44.9 Å². The summed E-state index contributed by atoms with van der Waals surface area (Å²) in [5, 5.41) is 9.09. The highest BCUT2D eigenvalue weighted by Crippen LogP contribution is 2.28. The number of urea groups is 1. The minimum absolute atomic E-state index is 0.440. The number of hydrogen-bond acceptors (Lipinski definition) is 5. The molecule has 0 aliphatic heterocycles. The van der Waals surface area contributed by atoms with Gasteiger partial charge in [-0.15, -0.1) is 5.10 Å². The zero-order valence-electron chi connectivity index (χ0n) is 12.1. The molecule has 1 aromatic heterocycles. The van der Waals surface area contributed by atoms with Crippen molar-refractivity contribution in [2.75, 3.05) is 0 Å². The van der Waals surface area contributed by atoms with Crippen molar-refractivity contribution in [2.45, 2.75) is 55.9 Å². The Bertz CT molecular complexity index is 499. The van der Waals surface area contributed by atoms with Gasteiger partial charge < -0.3 is 5.73 Å². The van der Waals surface area contributed by atoms with Crippen LogP contribution in [0.15, 0.2) is 5.16 Å². The van der Waals surface area contributed by atoms with Crippen molar-refractivity contribution in [3.63, 3.8) is 0 Å². The van der Waals surface area contributed by atoms with Crippen LogP contribution in [0.5, 0.6) is 0 Å². The Labute approximate surface area is 127 Å². The Balaban J connectivity index is 1.79. The molecule has 7 nitrogen and oxygen atoms in total. The van der Waals surface area contributed by atoms with Gasteiger partial charge in [-0.05, 0) is 19.3 Å². The van der Waals surface area contributed by atoms with Gasteiger partial charge in [0.2, 0.25) is 11.1 Å². The predicted molar refractivity (Wildman–Crippen MR) is 79.7 cm³/mol. The summed E-state index contributed by atoms with van der Waals surface area (Å²) >= 11 is 1.20. The number of aromatic amines is 1. The third kappa shape index (κ3) is 5.04. The van der Waals surface area contributed by atoms with Crippen LogP contribution < -0.4 is 11.1 Å². The quantitative estimate of drug-likeness (QED) is 0.690. The second kappa shape index (κ2) is 7.44. The highest BCUT2D eigenvalue weighted by molar-refractivity contribution is 8.00. The second-order valence-electron chi connectivity index (χ2n) is 5.37. The number of thioether (sulfide) groups is 1. The standard InChI is InChI=1S/C13H21N5O2S/c1-8(11(19)16-12(14)20)21-13-15-10(17-18-13)7-6-9-4-2-3-5-9/h8-9H,2-7H2,1H3,(H,15,17,18)(H3,14,16,19,20)/t8-/m0/s1. The molecule has 1 atom stereocenters. The van der Waals surface area contributed by atoms with E-state index in [0.717, 1.165) is 24.6 Å². The molecule has 21 heavy (non-hydrogen) atoms. The van der Waals surface area contributed by atoms with Gasteiger partial charge in [-0.2, -0.15) is 0 Å². The van der Waals surface area contributed by atoms with Gasteiger partial charge in [-0.3, -0.25) is 15.2 Å². The van der Waals surface area contributed by atoms with Gasteiger partial charge >= 0.3 is 6.03 Å². The van der Waals surface area contributed by atoms with E-state index in [-0.39, 0.29) is 0 Å². The normalized spacial score (nSPS) is 16.8. The van der Waals surface area contributed by atoms with Crippen molar-refractivity contribution >= 4 is 23.7 Å². The summed E-state index contributed by atoms with van der Waals surface area (Å²) in [7, 11) is 0. The molecule has 1 aromatic rings. The summed E-state index contributed by atoms with van der Waals surface area (Å²) in [5.74, 6) is 1.23. The maximum atomic E-state index is 11.6. The number of rotatable bonds is 6. The fourth-order valence-corrected chi connectivity index (χ4v) is 3.26. The van der Waals surface area contributed by atoms with Crippen molar-refractivity contribution in [1.29, 1.82) is 0 Å². The van der Waals surface area contributed by atoms with Gasteiger partial charge in [0.15, 0.2) is 0 Å². The number of primary amides is 1. The summed E-state index contributed by atoms with van der Waals surface area (Å²) in [6.45, 7) is 1.68. The largest absolute Gasteiger partial charge is 0.351 e. The number of nitrogens with one attached hydrogen (secondary N) is 2. The summed E-state index contributed by atoms with van der Waals surface area (Å²) in [5.41, 5.74) is 4.91. The van der Waals surface area contributed by atoms with E-state index in [1.165, 1.54) is 37.4 Å². The summed E-state index contributed by atoms with van der Waals surface area (Å²) in [6.07, 6.45) is 7.35. The van der Waals surface area contributed by atoms with Gasteiger partial charge in [0.05, 0.1) is 5.25 Å². The topological polar surface area (TPSA) is 114 Å². The van der Waals surface area contributed by atoms with Crippen LogP contribution in [0.3, 0.4) is 0 Å². The van der Waals surface area contributed by atoms with E-state index in [1.807, 2.05) is 5.32 Å². The zero-order chi connectivity index (χ0) is 15.2. The van der Waals surface area contributed by atoms with E-state index in [4.69, 9.17) is 5.73 Å². The monoisotopic (exact) mass is 311 g/mol. The lowest BCUT2D eigenvalue weighted by atomic mass is 10.0. The fraction of sp³-hybridized carbons (Fsp3) is 0.692. The maximum absolute atomic E-state index is 11.6. The van der Waals surface area contributed by atoms with E-state index in [0.29, 0.717) is 5.16 Å². The number of aryl methyl sites for hydroxylation is 1. The average molecular weight is 311 g/mol. The Morgan fingerprint density at radius 1 is 1.48 bits per heavy atom. The number of hydrogen-bond donors (Lipinski definition) is 3. The van der Waals surface area contributed by atoms with E-state index in [9.17, 15) is 9.59 Å². The number of amides is 3. The average Bonchev–Trinajstić information content (AvgIpc) is 3.06. The molecule has 0 radical (unpaired) electrons. The van der Waals surface area contributed by atoms with E-state index in [2.05, 4.69) is 15.2 Å². The molecule has 0 aromatic carbocycles. The number of aromatic nitrogens is 3. The SMILES string of the molecule is C[C@H](Sc1n[nH]c(CCC2CCCC2)n1)C(=O)NC(N)=O. The van der Waals surface area contributed by atoms with Crippen LogP contribution in [0.2, 0.25) is 0 Å². The number of nitrogens with zero attached hydrogens (tertiary/aromatic N) is 2. The first kappa shape index (κ1) is 15.8. The minimum atomic E-state index is -0.848. The minimum Gasteiger partial charge on any atom is -0.351 e. The first-order chi connectivity index (χ1) is 10.0. The summed E-state index contributed by atoms with van der Waals surface area (Å²) < 4.78 is 0. The van der Waals surface area contributed by atoms with Crippen LogP contribution in [0.25, 0.3) is 0 Å². The number of H-pyrrole nitrogens is 1. The van der Waals surface area contributed by atoms with Crippen LogP contribution in [0.4, 0.5) is 4.79 Å². The van der Waals surface area contributed by atoms with Gasteiger partial charge in [0, 0.05) is 6.42 Å². The molecule has 1 aliphatic rings. The summed E-state index contributed by atoms with van der Waals surface area (Å²) in [6, 6.07) is -0.848. The van der Waals surface area contributed by atoms with Gasteiger partial charge in [0.1, 0.15) is 5.82 Å². The van der Waals surface area contributed by atoms with Crippen molar-refractivity contribution < 1.29 is 9.59 Å². The number of carbonyl (C=O) groups excluding carboxylic acids is 2. The Morgan fingerprint density at radius 2 is 2.19 bits per heavy atom. The molecule has 0 saturated heterocycles. The zero-order valence-corrected chi connectivity index (χ0v) is 12.9. The van der Waals surface area contributed by atoms with E-state index in [1.54, 1.807) is 6.92 Å². The maximum Gasteiger partial charge on any atom is 0.318 e. The molecular formula is C13H21N5O2S. The van der Waals surface area contributed by atoms with Crippen molar-refractivity contribution in [1.82, 2.24) is 20.5 Å². The molecule has 1 heterocycles. The van der Waals surface area contributed by atoms with Gasteiger partial charge in [0.25, 0.3) is 0 Å². The Hall–Kier alpha value is -1.57. The molecular weight excluding hydrogens is 290 g/mol. The lowest BCUT2D eigenvalue weighted by Crippen LogP contribution is -2.39. The number of carbonyl (C=O) groups is 2. The number of nitrogens with two attached hydrogens (primary N) is 1. The predicted octanol–water partition coefficient (Wildman–Crippen LogP) is 1.60. The Kier molecular flexibility index (Phi) is 5.60. The molecule has 0 bridgehead atoms. The molecule has 4 N–H and O–H groups in total. The molecule has 1 saturated carbocycles. The van der Waals surface area contributed by atoms with Crippen molar-refractivity contribution in [3.05, 3.63) is 5.82 Å². The Morgan fingerprint density at radius 3 is 2.86 bits per heavy atom. The second-order valence-corrected chi connectivity index (χ2v) is 6.68. The van der Waals surface area contributed by atoms with Crippen LogP contribution in [0, 0.1) is 5.92 Å². The molecule has 116 valence electrons. The van der Waals surface area contributed by atoms with Crippen LogP contribution >= 0.6 is 11.8 Å². The first-order valence-corrected chi connectivity index (χ1v) is 8.11. The van der Waals surface area contributed by atoms with Crippen LogP contribution in [-0.2, 0) is 11.2 Å². The van der Waals surface area contributed by atoms with E-state index < -0.39 is 17.2 Å². The smallest absolute Gasteiger partial charge is 0.318 e. The lowest BCUT2D eigenvalue weighted by molar-refractivity contribution is -0.119. The molecule has 0 spiro atoms. The fourth-order valence-electron chi connectivity index (χ4n) is 2.52. The molecule has 1 aliphatic carbocycles. The van der Waals surface area contributed by atoms with Crippen molar-refractivity contribution in [2.24, 2.45) is 11.7 Å². The highest BCUT2D eigenvalue weighted by atomic mass is 32.2. The third-order valence-electron chi connectivity index (χ3n) is 3.67. The number of imide groups is 1. The molecule has 8 heteroatoms. The van der Waals surface area contributed by atoms with Crippen molar-refractivity contribution in [3.8, 4) is 0 Å². The lowest BCUT2D eigenvalue weighted by Gasteiger charge is -2.07. The van der Waals surface area contributed by atoms with Gasteiger partial charge in [-0.1, -0.05) is 37.4 Å². The highest BCUT2D eigenvalue weighted by Gasteiger charge is 2.19. The van der Waals surface area contributed by atoms with E-state index >= 15 is 0 Å². The van der Waals surface area contributed by atoms with Crippen LogP contribution in [-0.4, -0.2) is 32.4 Å². The molecule has 2 rings (SSSR count).